The normalized spacial score (nSPS) is 17.4. The molecule has 0 bridgehead atoms. The van der Waals surface area contributed by atoms with Crippen molar-refractivity contribution in [2.24, 2.45) is 0 Å². The topological polar surface area (TPSA) is 72.9 Å². The molecular weight excluding hydrogens is 384 g/mol. The minimum absolute atomic E-state index is 0.342. The summed E-state index contributed by atoms with van der Waals surface area (Å²) < 4.78 is 2.28. The Hall–Kier alpha value is -3.15. The molecule has 162 valence electrons. The first-order chi connectivity index (χ1) is 15.2. The second-order valence-electron chi connectivity index (χ2n) is 7.92. The van der Waals surface area contributed by atoms with Gasteiger partial charge in [0.15, 0.2) is 0 Å². The van der Waals surface area contributed by atoms with Gasteiger partial charge in [-0.3, -0.25) is 4.98 Å². The molecule has 1 aliphatic heterocycles. The smallest absolute Gasteiger partial charge is 0.146 e. The number of nitrogen functional groups attached to an aromatic ring is 1. The first kappa shape index (κ1) is 21.1. The van der Waals surface area contributed by atoms with Crippen LogP contribution in [0.15, 0.2) is 43.1 Å². The van der Waals surface area contributed by atoms with Crippen LogP contribution in [0, 0.1) is 0 Å². The number of likely N-dealkylation sites (tertiary alicyclic amines) is 1. The van der Waals surface area contributed by atoms with Crippen LogP contribution in [0.3, 0.4) is 0 Å². The van der Waals surface area contributed by atoms with Gasteiger partial charge in [-0.1, -0.05) is 39.5 Å². The lowest BCUT2D eigenvalue weighted by molar-refractivity contribution is 0.394. The highest BCUT2D eigenvalue weighted by molar-refractivity contribution is 6.00. The van der Waals surface area contributed by atoms with Gasteiger partial charge < -0.3 is 15.2 Å². The fourth-order valence-corrected chi connectivity index (χ4v) is 4.53. The van der Waals surface area contributed by atoms with E-state index in [4.69, 9.17) is 10.7 Å². The lowest BCUT2D eigenvalue weighted by Gasteiger charge is -2.20. The Morgan fingerprint density at radius 1 is 1.26 bits per heavy atom. The van der Waals surface area contributed by atoms with Crippen LogP contribution in [0.5, 0.6) is 0 Å². The van der Waals surface area contributed by atoms with Crippen molar-refractivity contribution < 1.29 is 0 Å². The van der Waals surface area contributed by atoms with E-state index in [1.54, 1.807) is 6.33 Å². The van der Waals surface area contributed by atoms with Crippen molar-refractivity contribution in [3.63, 3.8) is 0 Å². The Labute approximate surface area is 184 Å². The molecule has 31 heavy (non-hydrogen) atoms. The van der Waals surface area contributed by atoms with Gasteiger partial charge in [-0.2, -0.15) is 0 Å². The fraction of sp³-hybridized carbons (Fsp3) is 0.400. The summed E-state index contributed by atoms with van der Waals surface area (Å²) in [5.74, 6) is 0.518. The van der Waals surface area contributed by atoms with Gasteiger partial charge in [0, 0.05) is 48.0 Å². The van der Waals surface area contributed by atoms with Gasteiger partial charge >= 0.3 is 0 Å². The minimum atomic E-state index is 0.342. The van der Waals surface area contributed by atoms with Crippen molar-refractivity contribution >= 4 is 22.9 Å². The summed E-state index contributed by atoms with van der Waals surface area (Å²) in [7, 11) is 0. The van der Waals surface area contributed by atoms with Gasteiger partial charge in [0.05, 0.1) is 11.4 Å². The molecule has 6 heteroatoms. The molecule has 2 N–H and O–H groups in total. The average molecular weight is 417 g/mol. The first-order valence-corrected chi connectivity index (χ1v) is 11.3. The Bertz CT molecular complexity index is 1130. The highest BCUT2D eigenvalue weighted by atomic mass is 15.2. The number of rotatable bonds is 4. The molecule has 3 aromatic rings. The monoisotopic (exact) mass is 416 g/mol. The van der Waals surface area contributed by atoms with E-state index in [0.717, 1.165) is 66.6 Å². The van der Waals surface area contributed by atoms with Crippen LogP contribution in [0.25, 0.3) is 28.2 Å². The number of allylic oxidation sites excluding steroid dienone is 2. The molecule has 0 amide bonds. The molecule has 5 rings (SSSR count). The molecule has 1 atom stereocenters. The number of hydrogen-bond acceptors (Lipinski definition) is 5. The molecule has 1 fully saturated rings. The van der Waals surface area contributed by atoms with E-state index in [9.17, 15) is 0 Å². The number of nitrogens with zero attached hydrogens (tertiary/aromatic N) is 5. The molecule has 2 aliphatic rings. The van der Waals surface area contributed by atoms with Crippen molar-refractivity contribution in [1.82, 2.24) is 24.4 Å². The molecule has 1 saturated heterocycles. The molecule has 0 spiro atoms. The standard InChI is InChI=1S/C23H26N6.C2H6/c1-3-15(2)28-9-8-18(12-28)29-13-19(21-22(24)26-14-27-23(21)29)17-10-16-6-4-5-7-20(16)25-11-17;1-2/h4,6,10-11,13-14,18H,2-3,5,7-9,12H2,1H3,(H2,24,26,27);1-2H3. The second-order valence-corrected chi connectivity index (χ2v) is 7.92. The maximum absolute atomic E-state index is 6.32. The van der Waals surface area contributed by atoms with Crippen molar-refractivity contribution in [3.8, 4) is 11.1 Å². The lowest BCUT2D eigenvalue weighted by Crippen LogP contribution is -2.20. The predicted octanol–water partition coefficient (Wildman–Crippen LogP) is 5.23. The summed E-state index contributed by atoms with van der Waals surface area (Å²) in [6, 6.07) is 2.55. The number of aromatic nitrogens is 4. The third-order valence-corrected chi connectivity index (χ3v) is 6.21. The van der Waals surface area contributed by atoms with Crippen molar-refractivity contribution in [2.75, 3.05) is 18.8 Å². The van der Waals surface area contributed by atoms with E-state index in [-0.39, 0.29) is 0 Å². The molecule has 1 unspecified atom stereocenters. The van der Waals surface area contributed by atoms with Gasteiger partial charge in [0.1, 0.15) is 17.8 Å². The van der Waals surface area contributed by atoms with Crippen molar-refractivity contribution in [3.05, 3.63) is 54.4 Å². The Morgan fingerprint density at radius 2 is 2.10 bits per heavy atom. The largest absolute Gasteiger partial charge is 0.383 e. The SMILES string of the molecule is C=C(CC)N1CCC(n2cc(-c3cnc4c(c3)C=CCC4)c3c(N)ncnc32)C1.CC. The minimum Gasteiger partial charge on any atom is -0.383 e. The van der Waals surface area contributed by atoms with Crippen LogP contribution in [0.2, 0.25) is 0 Å². The number of pyridine rings is 1. The van der Waals surface area contributed by atoms with Crippen LogP contribution in [-0.2, 0) is 6.42 Å². The van der Waals surface area contributed by atoms with E-state index < -0.39 is 0 Å². The fourth-order valence-electron chi connectivity index (χ4n) is 4.53. The Morgan fingerprint density at radius 3 is 2.90 bits per heavy atom. The molecule has 0 aromatic carbocycles. The van der Waals surface area contributed by atoms with E-state index in [1.165, 1.54) is 11.3 Å². The van der Waals surface area contributed by atoms with Gasteiger partial charge in [-0.15, -0.1) is 0 Å². The van der Waals surface area contributed by atoms with Gasteiger partial charge in [-0.05, 0) is 37.3 Å². The molecule has 0 saturated carbocycles. The van der Waals surface area contributed by atoms with Gasteiger partial charge in [0.2, 0.25) is 0 Å². The van der Waals surface area contributed by atoms with Crippen molar-refractivity contribution in [2.45, 2.75) is 52.5 Å². The second kappa shape index (κ2) is 8.92. The summed E-state index contributed by atoms with van der Waals surface area (Å²) >= 11 is 0. The summed E-state index contributed by atoms with van der Waals surface area (Å²) in [5, 5.41) is 0.918. The van der Waals surface area contributed by atoms with Crippen LogP contribution in [0.4, 0.5) is 5.82 Å². The molecule has 0 radical (unpaired) electrons. The number of aryl methyl sites for hydroxylation is 1. The van der Waals surface area contributed by atoms with E-state index in [2.05, 4.69) is 57.4 Å². The predicted molar refractivity (Wildman–Crippen MR) is 129 cm³/mol. The van der Waals surface area contributed by atoms with Gasteiger partial charge in [0.25, 0.3) is 0 Å². The zero-order chi connectivity index (χ0) is 22.0. The number of nitrogens with two attached hydrogens (primary N) is 1. The van der Waals surface area contributed by atoms with E-state index in [0.29, 0.717) is 11.9 Å². The zero-order valence-corrected chi connectivity index (χ0v) is 18.8. The highest BCUT2D eigenvalue weighted by Gasteiger charge is 2.27. The van der Waals surface area contributed by atoms with Crippen LogP contribution in [-0.4, -0.2) is 37.5 Å². The van der Waals surface area contributed by atoms with E-state index in [1.807, 2.05) is 20.0 Å². The summed E-state index contributed by atoms with van der Waals surface area (Å²) in [6.45, 7) is 12.3. The van der Waals surface area contributed by atoms with Crippen LogP contribution < -0.4 is 5.73 Å². The van der Waals surface area contributed by atoms with Crippen molar-refractivity contribution in [1.29, 1.82) is 0 Å². The Kier molecular flexibility index (Phi) is 6.07. The third-order valence-electron chi connectivity index (χ3n) is 6.21. The summed E-state index contributed by atoms with van der Waals surface area (Å²) in [4.78, 5) is 16.0. The van der Waals surface area contributed by atoms with Gasteiger partial charge in [-0.25, -0.2) is 9.97 Å². The molecule has 1 aliphatic carbocycles. The highest BCUT2D eigenvalue weighted by Crippen LogP contribution is 2.37. The number of hydrogen-bond donors (Lipinski definition) is 1. The quantitative estimate of drug-likeness (QED) is 0.630. The zero-order valence-electron chi connectivity index (χ0n) is 18.8. The maximum atomic E-state index is 6.32. The first-order valence-electron chi connectivity index (χ1n) is 11.3. The van der Waals surface area contributed by atoms with Crippen LogP contribution >= 0.6 is 0 Å². The van der Waals surface area contributed by atoms with E-state index >= 15 is 0 Å². The lowest BCUT2D eigenvalue weighted by atomic mass is 9.99. The van der Waals surface area contributed by atoms with Crippen LogP contribution in [0.1, 0.15) is 57.3 Å². The number of fused-ring (bicyclic) bond motifs is 2. The Balaban J connectivity index is 0.00000112. The summed E-state index contributed by atoms with van der Waals surface area (Å²) in [6.07, 6.45) is 14.2. The maximum Gasteiger partial charge on any atom is 0.146 e. The molecule has 4 heterocycles. The third kappa shape index (κ3) is 3.82. The molecule has 3 aromatic heterocycles. The molecule has 6 nitrogen and oxygen atoms in total. The molecular formula is C25H32N6. The number of anilines is 1. The average Bonchev–Trinajstić information content (AvgIpc) is 3.45. The summed E-state index contributed by atoms with van der Waals surface area (Å²) in [5.41, 5.74) is 12.9.